The number of hydrogen-bond donors (Lipinski definition) is 3. The zero-order chi connectivity index (χ0) is 48.1. The summed E-state index contributed by atoms with van der Waals surface area (Å²) in [5, 5.41) is 8.65. The maximum atomic E-state index is 11.6. The molecule has 0 aromatic heterocycles. The lowest BCUT2D eigenvalue weighted by Crippen LogP contribution is -2.29. The van der Waals surface area contributed by atoms with Gasteiger partial charge in [0.1, 0.15) is 23.1 Å². The minimum Gasteiger partial charge on any atom is -0.379 e. The van der Waals surface area contributed by atoms with Crippen molar-refractivity contribution in [3.63, 3.8) is 0 Å². The van der Waals surface area contributed by atoms with Gasteiger partial charge in [0, 0.05) is 79.3 Å². The van der Waals surface area contributed by atoms with E-state index in [-0.39, 0.29) is 56.7 Å². The predicted molar refractivity (Wildman–Crippen MR) is 249 cm³/mol. The molecule has 61 heavy (non-hydrogen) atoms. The molecular formula is C48H95N3O10. The molecule has 0 heterocycles. The van der Waals surface area contributed by atoms with Gasteiger partial charge in [-0.2, -0.15) is 0 Å². The van der Waals surface area contributed by atoms with Gasteiger partial charge in [0.2, 0.25) is 11.8 Å². The minimum absolute atomic E-state index is 0.00158. The molecule has 0 rings (SSSR count). The van der Waals surface area contributed by atoms with Crippen LogP contribution < -0.4 is 16.0 Å². The number of hydrogen-bond acceptors (Lipinski definition) is 11. The number of Topliss-reactive ketones (excluding diaryl/α,β-unsaturated/α-hetero) is 4. The van der Waals surface area contributed by atoms with Crippen LogP contribution in [0.3, 0.4) is 0 Å². The van der Waals surface area contributed by atoms with Crippen LogP contribution in [0, 0.1) is 27.6 Å². The summed E-state index contributed by atoms with van der Waals surface area (Å²) in [6, 6.07) is 0. The summed E-state index contributed by atoms with van der Waals surface area (Å²) >= 11 is 0. The molecule has 0 aliphatic heterocycles. The first-order chi connectivity index (χ1) is 28.1. The van der Waals surface area contributed by atoms with Gasteiger partial charge in [-0.1, -0.05) is 124 Å². The van der Waals surface area contributed by atoms with Gasteiger partial charge in [0.25, 0.3) is 0 Å². The molecule has 0 radical (unpaired) electrons. The number of carbonyl (C=O) groups excluding carboxylic acids is 6. The van der Waals surface area contributed by atoms with Crippen LogP contribution in [-0.4, -0.2) is 114 Å². The van der Waals surface area contributed by atoms with Crippen LogP contribution in [0.1, 0.15) is 169 Å². The Balaban J connectivity index is -0.000000363. The molecule has 2 amide bonds. The number of nitrogens with one attached hydrogen (secondary N) is 3. The Morgan fingerprint density at radius 2 is 0.787 bits per heavy atom. The van der Waals surface area contributed by atoms with E-state index in [9.17, 15) is 28.8 Å². The molecule has 13 nitrogen and oxygen atoms in total. The summed E-state index contributed by atoms with van der Waals surface area (Å²) in [6.45, 7) is 40.2. The van der Waals surface area contributed by atoms with Gasteiger partial charge in [0.05, 0.1) is 52.9 Å². The van der Waals surface area contributed by atoms with Gasteiger partial charge in [0.15, 0.2) is 0 Å². The van der Waals surface area contributed by atoms with Crippen LogP contribution in [0.15, 0.2) is 0 Å². The lowest BCUT2D eigenvalue weighted by atomic mass is 9.82. The topological polar surface area (TPSA) is 175 Å². The van der Waals surface area contributed by atoms with Crippen LogP contribution in [0.25, 0.3) is 0 Å². The Morgan fingerprint density at radius 1 is 0.426 bits per heavy atom. The Morgan fingerprint density at radius 3 is 1.13 bits per heavy atom. The maximum absolute atomic E-state index is 11.6. The van der Waals surface area contributed by atoms with E-state index in [1.165, 1.54) is 0 Å². The summed E-state index contributed by atoms with van der Waals surface area (Å²) in [4.78, 5) is 67.8. The van der Waals surface area contributed by atoms with Crippen molar-refractivity contribution in [1.82, 2.24) is 16.0 Å². The monoisotopic (exact) mass is 874 g/mol. The molecule has 0 aromatic carbocycles. The van der Waals surface area contributed by atoms with E-state index in [0.29, 0.717) is 104 Å². The molecule has 0 spiro atoms. The predicted octanol–water partition coefficient (Wildman–Crippen LogP) is 8.13. The van der Waals surface area contributed by atoms with Crippen LogP contribution >= 0.6 is 0 Å². The van der Waals surface area contributed by atoms with Gasteiger partial charge in [-0.3, -0.25) is 28.8 Å². The zero-order valence-electron chi connectivity index (χ0n) is 42.3. The second kappa shape index (κ2) is 37.9. The molecule has 0 bridgehead atoms. The highest BCUT2D eigenvalue weighted by Crippen LogP contribution is 2.22. The maximum Gasteiger partial charge on any atom is 0.219 e. The smallest absolute Gasteiger partial charge is 0.219 e. The first-order valence-electron chi connectivity index (χ1n) is 22.8. The molecule has 0 saturated carbocycles. The molecule has 0 aliphatic rings. The average molecular weight is 874 g/mol. The van der Waals surface area contributed by atoms with Crippen molar-refractivity contribution in [3.8, 4) is 0 Å². The van der Waals surface area contributed by atoms with E-state index < -0.39 is 0 Å². The van der Waals surface area contributed by atoms with Gasteiger partial charge >= 0.3 is 0 Å². The van der Waals surface area contributed by atoms with Gasteiger partial charge in [-0.25, -0.2) is 0 Å². The molecule has 1 atom stereocenters. The molecule has 1 unspecified atom stereocenters. The normalized spacial score (nSPS) is 12.0. The summed E-state index contributed by atoms with van der Waals surface area (Å²) in [5.41, 5.74) is -1.01. The third-order valence-electron chi connectivity index (χ3n) is 8.84. The fourth-order valence-electron chi connectivity index (χ4n) is 4.68. The second-order valence-corrected chi connectivity index (χ2v) is 19.2. The third-order valence-corrected chi connectivity index (χ3v) is 8.84. The highest BCUT2D eigenvalue weighted by molar-refractivity contribution is 5.86. The number of amides is 2. The van der Waals surface area contributed by atoms with Crippen LogP contribution in [0.2, 0.25) is 0 Å². The highest BCUT2D eigenvalue weighted by Gasteiger charge is 2.26. The second-order valence-electron chi connectivity index (χ2n) is 19.2. The van der Waals surface area contributed by atoms with Gasteiger partial charge in [-0.15, -0.1) is 0 Å². The Hall–Kier alpha value is -2.58. The SMILES string of the molecule is CCC(=O)NCCC(=O)C(C)(C)C.CCC(=O)NCCOCCOCCC(=O)C(C)(C)C.CCCC(C)C(=O)C(C)(C)C.CCCNCCOCCOCCC(=O)C(C)(C)C. The fourth-order valence-corrected chi connectivity index (χ4v) is 4.68. The van der Waals surface area contributed by atoms with E-state index in [4.69, 9.17) is 18.9 Å². The highest BCUT2D eigenvalue weighted by atomic mass is 16.5. The van der Waals surface area contributed by atoms with Crippen LogP contribution in [-0.2, 0) is 47.7 Å². The lowest BCUT2D eigenvalue weighted by molar-refractivity contribution is -0.130. The van der Waals surface area contributed by atoms with E-state index in [2.05, 4.69) is 29.8 Å². The van der Waals surface area contributed by atoms with Crippen LogP contribution in [0.4, 0.5) is 0 Å². The Kier molecular flexibility index (Phi) is 40.4. The van der Waals surface area contributed by atoms with Crippen molar-refractivity contribution in [2.75, 3.05) is 79.0 Å². The first kappa shape index (κ1) is 65.0. The quantitative estimate of drug-likeness (QED) is 0.0648. The van der Waals surface area contributed by atoms with Crippen molar-refractivity contribution in [3.05, 3.63) is 0 Å². The fraction of sp³-hybridized carbons (Fsp3) is 0.875. The minimum atomic E-state index is -0.295. The van der Waals surface area contributed by atoms with E-state index in [1.54, 1.807) is 6.92 Å². The number of ketones is 4. The average Bonchev–Trinajstić information content (AvgIpc) is 3.16. The summed E-state index contributed by atoms with van der Waals surface area (Å²) in [6.07, 6.45) is 5.59. The molecule has 0 fully saturated rings. The zero-order valence-corrected chi connectivity index (χ0v) is 42.3. The molecule has 0 aromatic rings. The number of rotatable bonds is 28. The van der Waals surface area contributed by atoms with Crippen molar-refractivity contribution < 1.29 is 47.7 Å². The van der Waals surface area contributed by atoms with Crippen molar-refractivity contribution in [2.45, 2.75) is 169 Å². The molecular weight excluding hydrogens is 779 g/mol. The summed E-state index contributed by atoms with van der Waals surface area (Å²) in [5.74, 6) is 1.29. The van der Waals surface area contributed by atoms with Crippen molar-refractivity contribution in [1.29, 1.82) is 0 Å². The number of carbonyl (C=O) groups is 6. The largest absolute Gasteiger partial charge is 0.379 e. The third kappa shape index (κ3) is 45.3. The molecule has 0 aliphatic carbocycles. The first-order valence-corrected chi connectivity index (χ1v) is 22.8. The lowest BCUT2D eigenvalue weighted by Gasteiger charge is -2.21. The Labute approximate surface area is 373 Å². The summed E-state index contributed by atoms with van der Waals surface area (Å²) < 4.78 is 21.3. The molecule has 362 valence electrons. The van der Waals surface area contributed by atoms with Gasteiger partial charge in [-0.05, 0) is 19.4 Å². The molecule has 0 saturated heterocycles. The van der Waals surface area contributed by atoms with Crippen molar-refractivity contribution >= 4 is 34.9 Å². The molecule has 13 heteroatoms. The Bertz CT molecular complexity index is 1160. The molecule has 3 N–H and O–H groups in total. The van der Waals surface area contributed by atoms with E-state index >= 15 is 0 Å². The van der Waals surface area contributed by atoms with Crippen LogP contribution in [0.5, 0.6) is 0 Å². The van der Waals surface area contributed by atoms with Crippen molar-refractivity contribution in [2.24, 2.45) is 27.6 Å². The van der Waals surface area contributed by atoms with E-state index in [1.807, 2.05) is 96.9 Å². The standard InChI is InChI=1S/C14H27NO4.C14H29NO3.C10H19NO2.C10H20O/c1-5-13(17)15-7-9-19-11-10-18-8-6-12(16)14(2,3)4;1-5-7-15-8-10-18-12-11-17-9-6-13(16)14(2,3)4;1-5-9(13)11-7-6-8(12)10(2,3)4;1-6-7-8(2)9(11)10(3,4)5/h5-11H2,1-4H3,(H,15,17);15H,5-12H2,1-4H3;5-7H2,1-4H3,(H,11,13);8H,6-7H2,1-5H3. The summed E-state index contributed by atoms with van der Waals surface area (Å²) in [7, 11) is 0. The van der Waals surface area contributed by atoms with Gasteiger partial charge < -0.3 is 34.9 Å². The van der Waals surface area contributed by atoms with E-state index in [0.717, 1.165) is 32.4 Å². The number of ether oxygens (including phenoxy) is 4.